The van der Waals surface area contributed by atoms with E-state index in [1.54, 1.807) is 6.20 Å². The van der Waals surface area contributed by atoms with E-state index in [4.69, 9.17) is 17.0 Å². The van der Waals surface area contributed by atoms with Gasteiger partial charge in [-0.2, -0.15) is 0 Å². The van der Waals surface area contributed by atoms with Crippen molar-refractivity contribution in [1.29, 1.82) is 0 Å². The Morgan fingerprint density at radius 2 is 1.97 bits per heavy atom. The Balaban J connectivity index is 1.59. The van der Waals surface area contributed by atoms with Crippen LogP contribution in [0.4, 0.5) is 11.4 Å². The van der Waals surface area contributed by atoms with E-state index in [2.05, 4.69) is 65.4 Å². The number of nitrogens with zero attached hydrogens (tertiary/aromatic N) is 3. The van der Waals surface area contributed by atoms with Crippen LogP contribution in [0.3, 0.4) is 0 Å². The highest BCUT2D eigenvalue weighted by Crippen LogP contribution is 2.43. The number of carbonyl (C=O) groups excluding carboxylic acids is 1. The number of aryl methyl sites for hydroxylation is 1. The molecule has 7 nitrogen and oxygen atoms in total. The summed E-state index contributed by atoms with van der Waals surface area (Å²) in [5.74, 6) is -0.198. The fraction of sp³-hybridized carbons (Fsp3) is 0.179. The van der Waals surface area contributed by atoms with Crippen LogP contribution < -0.4 is 15.5 Å². The van der Waals surface area contributed by atoms with Gasteiger partial charge in [0.25, 0.3) is 0 Å². The summed E-state index contributed by atoms with van der Waals surface area (Å²) in [6.45, 7) is 1.97. The highest BCUT2D eigenvalue weighted by molar-refractivity contribution is 9.10. The van der Waals surface area contributed by atoms with Crippen molar-refractivity contribution < 1.29 is 9.53 Å². The zero-order chi connectivity index (χ0) is 25.9. The van der Waals surface area contributed by atoms with E-state index in [-0.39, 0.29) is 24.6 Å². The molecule has 2 N–H and O–H groups in total. The molecule has 0 aliphatic carbocycles. The van der Waals surface area contributed by atoms with Crippen molar-refractivity contribution in [3.8, 4) is 5.69 Å². The fourth-order valence-corrected chi connectivity index (χ4v) is 5.42. The van der Waals surface area contributed by atoms with Crippen LogP contribution in [0.5, 0.6) is 0 Å². The normalized spacial score (nSPS) is 17.1. The van der Waals surface area contributed by atoms with Crippen LogP contribution in [0, 0.1) is 6.92 Å². The monoisotopic (exact) mass is 575 g/mol. The summed E-state index contributed by atoms with van der Waals surface area (Å²) in [7, 11) is 1.50. The van der Waals surface area contributed by atoms with E-state index in [1.807, 2.05) is 61.5 Å². The molecular weight excluding hydrogens is 550 g/mol. The second-order valence-electron chi connectivity index (χ2n) is 8.76. The number of pyridine rings is 1. The molecule has 0 unspecified atom stereocenters. The predicted octanol–water partition coefficient (Wildman–Crippen LogP) is 5.71. The third-order valence-electron chi connectivity index (χ3n) is 6.31. The number of ether oxygens (including phenoxy) is 1. The van der Waals surface area contributed by atoms with Gasteiger partial charge >= 0.3 is 0 Å². The van der Waals surface area contributed by atoms with Crippen molar-refractivity contribution >= 4 is 50.5 Å². The van der Waals surface area contributed by atoms with Gasteiger partial charge in [-0.15, -0.1) is 0 Å². The van der Waals surface area contributed by atoms with Crippen LogP contribution in [0.2, 0.25) is 0 Å². The number of hydrogen-bond donors (Lipinski definition) is 2. The molecule has 1 fully saturated rings. The average molecular weight is 577 g/mol. The van der Waals surface area contributed by atoms with E-state index >= 15 is 0 Å². The van der Waals surface area contributed by atoms with Gasteiger partial charge in [0.1, 0.15) is 12.6 Å². The van der Waals surface area contributed by atoms with Gasteiger partial charge in [-0.05, 0) is 85.4 Å². The Bertz CT molecular complexity index is 1440. The molecule has 188 valence electrons. The lowest BCUT2D eigenvalue weighted by Gasteiger charge is -2.29. The summed E-state index contributed by atoms with van der Waals surface area (Å²) in [5, 5.41) is 7.03. The molecule has 3 heterocycles. The molecule has 1 saturated heterocycles. The number of aromatic nitrogens is 2. The van der Waals surface area contributed by atoms with Gasteiger partial charge in [0, 0.05) is 46.7 Å². The molecule has 2 aromatic heterocycles. The number of hydrogen-bond acceptors (Lipinski definition) is 4. The summed E-state index contributed by atoms with van der Waals surface area (Å²) in [4.78, 5) is 18.9. The van der Waals surface area contributed by atoms with E-state index in [0.717, 1.165) is 38.5 Å². The molecule has 1 aliphatic heterocycles. The van der Waals surface area contributed by atoms with Crippen LogP contribution in [0.25, 0.3) is 5.69 Å². The van der Waals surface area contributed by atoms with Crippen molar-refractivity contribution in [3.05, 3.63) is 107 Å². The number of rotatable bonds is 7. The fourth-order valence-electron chi connectivity index (χ4n) is 4.68. The smallest absolute Gasteiger partial charge is 0.250 e. The van der Waals surface area contributed by atoms with Crippen molar-refractivity contribution in [2.24, 2.45) is 0 Å². The Labute approximate surface area is 229 Å². The summed E-state index contributed by atoms with van der Waals surface area (Å²) in [6.07, 6.45) is 3.86. The van der Waals surface area contributed by atoms with E-state index < -0.39 is 0 Å². The highest BCUT2D eigenvalue weighted by Gasteiger charge is 2.42. The van der Waals surface area contributed by atoms with Gasteiger partial charge < -0.3 is 24.8 Å². The van der Waals surface area contributed by atoms with Crippen LogP contribution in [0.15, 0.2) is 89.7 Å². The van der Waals surface area contributed by atoms with Gasteiger partial charge in [-0.25, -0.2) is 0 Å². The number of halogens is 1. The SMILES string of the molecule is COCC(=O)Nc1ccc(N2C(=S)N[C@@H](c3ccccn3)[C@H]2c2cccn2-c2cccc(Br)c2)cc1C. The zero-order valence-corrected chi connectivity index (χ0v) is 22.8. The number of methoxy groups -OCH3 is 1. The standard InChI is InChI=1S/C28H26BrN5O2S/c1-18-15-21(11-12-22(18)31-25(35)17-36-2)34-27(26(32-28(34)37)23-9-3-4-13-30-23)24-10-6-14-33(24)20-8-5-7-19(29)16-20/h3-16,26-27H,17H2,1-2H3,(H,31,35)(H,32,37)/t26-,27+/m0/s1. The minimum absolute atomic E-state index is 0.00173. The number of benzene rings is 2. The topological polar surface area (TPSA) is 71.4 Å². The van der Waals surface area contributed by atoms with Gasteiger partial charge in [0.05, 0.1) is 11.7 Å². The molecule has 2 aromatic carbocycles. The number of carbonyl (C=O) groups is 1. The van der Waals surface area contributed by atoms with Crippen molar-refractivity contribution in [2.45, 2.75) is 19.0 Å². The van der Waals surface area contributed by atoms with Gasteiger partial charge in [-0.3, -0.25) is 9.78 Å². The molecular formula is C28H26BrN5O2S. The Hall–Kier alpha value is -3.53. The first-order valence-corrected chi connectivity index (χ1v) is 13.0. The Kier molecular flexibility index (Phi) is 7.36. The molecule has 2 atom stereocenters. The highest BCUT2D eigenvalue weighted by atomic mass is 79.9. The Morgan fingerprint density at radius 3 is 2.70 bits per heavy atom. The molecule has 0 bridgehead atoms. The first-order chi connectivity index (χ1) is 18.0. The quantitative estimate of drug-likeness (QED) is 0.275. The molecule has 5 rings (SSSR count). The maximum atomic E-state index is 12.1. The van der Waals surface area contributed by atoms with Crippen molar-refractivity contribution in [3.63, 3.8) is 0 Å². The van der Waals surface area contributed by atoms with Crippen LogP contribution in [-0.4, -0.2) is 34.3 Å². The maximum Gasteiger partial charge on any atom is 0.250 e. The second-order valence-corrected chi connectivity index (χ2v) is 10.1. The van der Waals surface area contributed by atoms with E-state index in [0.29, 0.717) is 5.11 Å². The first-order valence-electron chi connectivity index (χ1n) is 11.8. The first kappa shape index (κ1) is 25.1. The molecule has 0 spiro atoms. The minimum atomic E-state index is -0.198. The average Bonchev–Trinajstić information content (AvgIpc) is 3.50. The number of amides is 1. The lowest BCUT2D eigenvalue weighted by atomic mass is 10.00. The molecule has 9 heteroatoms. The minimum Gasteiger partial charge on any atom is -0.375 e. The molecule has 37 heavy (non-hydrogen) atoms. The lowest BCUT2D eigenvalue weighted by molar-refractivity contribution is -0.119. The molecule has 0 radical (unpaired) electrons. The van der Waals surface area contributed by atoms with Crippen molar-refractivity contribution in [2.75, 3.05) is 23.9 Å². The molecule has 0 saturated carbocycles. The summed E-state index contributed by atoms with van der Waals surface area (Å²) >= 11 is 9.50. The molecule has 1 amide bonds. The summed E-state index contributed by atoms with van der Waals surface area (Å²) in [5.41, 5.74) is 5.59. The summed E-state index contributed by atoms with van der Waals surface area (Å²) in [6, 6.07) is 23.9. The van der Waals surface area contributed by atoms with Crippen LogP contribution in [0.1, 0.15) is 29.0 Å². The van der Waals surface area contributed by atoms with Gasteiger partial charge in [-0.1, -0.05) is 28.1 Å². The number of thiocarbonyl (C=S) groups is 1. The van der Waals surface area contributed by atoms with Crippen molar-refractivity contribution in [1.82, 2.24) is 14.9 Å². The molecule has 1 aliphatic rings. The van der Waals surface area contributed by atoms with Crippen LogP contribution in [-0.2, 0) is 9.53 Å². The predicted molar refractivity (Wildman–Crippen MR) is 153 cm³/mol. The second kappa shape index (κ2) is 10.8. The largest absolute Gasteiger partial charge is 0.375 e. The third kappa shape index (κ3) is 5.16. The number of anilines is 2. The van der Waals surface area contributed by atoms with Gasteiger partial charge in [0.15, 0.2) is 5.11 Å². The zero-order valence-electron chi connectivity index (χ0n) is 20.4. The number of nitrogens with one attached hydrogen (secondary N) is 2. The lowest BCUT2D eigenvalue weighted by Crippen LogP contribution is -2.30. The van der Waals surface area contributed by atoms with Crippen LogP contribution >= 0.6 is 28.1 Å². The third-order valence-corrected chi connectivity index (χ3v) is 7.11. The van der Waals surface area contributed by atoms with E-state index in [1.165, 1.54) is 7.11 Å². The maximum absolute atomic E-state index is 12.1. The van der Waals surface area contributed by atoms with E-state index in [9.17, 15) is 4.79 Å². The van der Waals surface area contributed by atoms with Gasteiger partial charge in [0.2, 0.25) is 5.91 Å². The summed E-state index contributed by atoms with van der Waals surface area (Å²) < 4.78 is 8.13. The Morgan fingerprint density at radius 1 is 1.11 bits per heavy atom. The molecule has 4 aromatic rings.